The Morgan fingerprint density at radius 2 is 2.13 bits per heavy atom. The zero-order valence-corrected chi connectivity index (χ0v) is 9.98. The van der Waals surface area contributed by atoms with Crippen LogP contribution in [-0.4, -0.2) is 42.0 Å². The fraction of sp³-hybridized carbons (Fsp3) is 0.800. The van der Waals surface area contributed by atoms with Gasteiger partial charge in [-0.05, 0) is 32.9 Å². The maximum atomic E-state index is 11.3. The van der Waals surface area contributed by atoms with Gasteiger partial charge in [0.25, 0.3) is 0 Å². The summed E-state index contributed by atoms with van der Waals surface area (Å²) in [4.78, 5) is 14.1. The van der Waals surface area contributed by atoms with Gasteiger partial charge in [-0.15, -0.1) is 0 Å². The Morgan fingerprint density at radius 3 is 2.60 bits per heavy atom. The first-order chi connectivity index (χ1) is 7.13. The molecule has 0 spiro atoms. The zero-order valence-electron chi connectivity index (χ0n) is 9.16. The van der Waals surface area contributed by atoms with Gasteiger partial charge in [-0.1, -0.05) is 12.2 Å². The fourth-order valence-corrected chi connectivity index (χ4v) is 2.07. The Balaban J connectivity index is 2.25. The summed E-state index contributed by atoms with van der Waals surface area (Å²) in [6.07, 6.45) is 1.96. The molecule has 1 aliphatic rings. The predicted octanol–water partition coefficient (Wildman–Crippen LogP) is 0.121. The molecule has 0 unspecified atom stereocenters. The van der Waals surface area contributed by atoms with Gasteiger partial charge in [0, 0.05) is 12.5 Å². The van der Waals surface area contributed by atoms with E-state index in [1.54, 1.807) is 0 Å². The monoisotopic (exact) mass is 229 g/mol. The van der Waals surface area contributed by atoms with Crippen LogP contribution >= 0.6 is 12.2 Å². The van der Waals surface area contributed by atoms with Gasteiger partial charge in [-0.25, -0.2) is 0 Å². The maximum Gasteiger partial charge on any atom is 0.234 e. The van der Waals surface area contributed by atoms with E-state index < -0.39 is 0 Å². The number of likely N-dealkylation sites (tertiary alicyclic amines) is 1. The summed E-state index contributed by atoms with van der Waals surface area (Å²) < 4.78 is 0. The lowest BCUT2D eigenvalue weighted by atomic mass is 9.97. The van der Waals surface area contributed by atoms with Gasteiger partial charge in [-0.2, -0.15) is 0 Å². The third kappa shape index (κ3) is 4.13. The number of rotatable bonds is 4. The molecule has 3 N–H and O–H groups in total. The van der Waals surface area contributed by atoms with Crippen molar-refractivity contribution in [2.45, 2.75) is 19.8 Å². The molecule has 0 aliphatic carbocycles. The van der Waals surface area contributed by atoms with E-state index >= 15 is 0 Å². The van der Waals surface area contributed by atoms with Gasteiger partial charge in [0.2, 0.25) is 5.91 Å². The molecule has 15 heavy (non-hydrogen) atoms. The normalized spacial score (nSPS) is 18.7. The smallest absolute Gasteiger partial charge is 0.234 e. The molecule has 1 saturated heterocycles. The summed E-state index contributed by atoms with van der Waals surface area (Å²) in [5, 5.41) is 2.80. The van der Waals surface area contributed by atoms with Crippen LogP contribution in [0.5, 0.6) is 0 Å². The molecular weight excluding hydrogens is 210 g/mol. The summed E-state index contributed by atoms with van der Waals surface area (Å²) in [6.45, 7) is 4.95. The molecule has 1 amide bonds. The summed E-state index contributed by atoms with van der Waals surface area (Å²) in [5.41, 5.74) is 5.60. The second-order valence-corrected chi connectivity index (χ2v) is 4.38. The van der Waals surface area contributed by atoms with Crippen LogP contribution in [0.4, 0.5) is 0 Å². The van der Waals surface area contributed by atoms with E-state index in [-0.39, 0.29) is 5.91 Å². The van der Waals surface area contributed by atoms with Crippen molar-refractivity contribution in [1.29, 1.82) is 0 Å². The number of carbonyl (C=O) groups excluding carboxylic acids is 1. The van der Waals surface area contributed by atoms with Crippen LogP contribution in [0.25, 0.3) is 0 Å². The SMILES string of the molecule is CCNC(=O)CN1CCC(C(N)=S)CC1. The number of carbonyl (C=O) groups is 1. The van der Waals surface area contributed by atoms with Crippen LogP contribution in [-0.2, 0) is 4.79 Å². The quantitative estimate of drug-likeness (QED) is 0.672. The lowest BCUT2D eigenvalue weighted by Crippen LogP contribution is -2.43. The van der Waals surface area contributed by atoms with Crippen LogP contribution in [0.15, 0.2) is 0 Å². The fourth-order valence-electron chi connectivity index (χ4n) is 1.83. The third-order valence-corrected chi connectivity index (χ3v) is 3.06. The molecule has 1 heterocycles. The molecule has 1 aliphatic heterocycles. The lowest BCUT2D eigenvalue weighted by molar-refractivity contribution is -0.122. The topological polar surface area (TPSA) is 58.4 Å². The zero-order chi connectivity index (χ0) is 11.3. The van der Waals surface area contributed by atoms with Crippen molar-refractivity contribution >= 4 is 23.1 Å². The molecule has 0 atom stereocenters. The van der Waals surface area contributed by atoms with Crippen LogP contribution in [0.2, 0.25) is 0 Å². The third-order valence-electron chi connectivity index (χ3n) is 2.73. The average Bonchev–Trinajstić information content (AvgIpc) is 2.18. The Bertz CT molecular complexity index is 237. The van der Waals surface area contributed by atoms with Crippen molar-refractivity contribution in [2.75, 3.05) is 26.2 Å². The van der Waals surface area contributed by atoms with E-state index in [4.69, 9.17) is 18.0 Å². The molecule has 4 nitrogen and oxygen atoms in total. The van der Waals surface area contributed by atoms with E-state index in [2.05, 4.69) is 10.2 Å². The number of likely N-dealkylation sites (N-methyl/N-ethyl adjacent to an activating group) is 1. The van der Waals surface area contributed by atoms with Crippen molar-refractivity contribution in [3.05, 3.63) is 0 Å². The molecule has 1 rings (SSSR count). The van der Waals surface area contributed by atoms with Gasteiger partial charge >= 0.3 is 0 Å². The number of hydrogen-bond acceptors (Lipinski definition) is 3. The number of nitrogens with zero attached hydrogens (tertiary/aromatic N) is 1. The summed E-state index contributed by atoms with van der Waals surface area (Å²) in [5.74, 6) is 0.469. The highest BCUT2D eigenvalue weighted by Gasteiger charge is 2.21. The molecule has 0 aromatic rings. The van der Waals surface area contributed by atoms with Crippen molar-refractivity contribution in [3.63, 3.8) is 0 Å². The van der Waals surface area contributed by atoms with Crippen molar-refractivity contribution < 1.29 is 4.79 Å². The summed E-state index contributed by atoms with van der Waals surface area (Å²) >= 11 is 4.96. The molecule has 0 aromatic heterocycles. The number of nitrogens with one attached hydrogen (secondary N) is 1. The maximum absolute atomic E-state index is 11.3. The van der Waals surface area contributed by atoms with Gasteiger partial charge in [-0.3, -0.25) is 9.69 Å². The summed E-state index contributed by atoms with van der Waals surface area (Å²) in [7, 11) is 0. The Kier molecular flexibility index (Phi) is 4.98. The van der Waals surface area contributed by atoms with E-state index in [1.807, 2.05) is 6.92 Å². The van der Waals surface area contributed by atoms with Gasteiger partial charge in [0.05, 0.1) is 11.5 Å². The number of thiocarbonyl (C=S) groups is 1. The average molecular weight is 229 g/mol. The number of nitrogens with two attached hydrogens (primary N) is 1. The molecular formula is C10H19N3OS. The molecule has 0 bridgehead atoms. The Labute approximate surface area is 96.2 Å². The van der Waals surface area contributed by atoms with Crippen molar-refractivity contribution in [3.8, 4) is 0 Å². The Morgan fingerprint density at radius 1 is 1.53 bits per heavy atom. The van der Waals surface area contributed by atoms with Crippen LogP contribution in [0.1, 0.15) is 19.8 Å². The number of hydrogen-bond donors (Lipinski definition) is 2. The highest BCUT2D eigenvalue weighted by molar-refractivity contribution is 7.80. The van der Waals surface area contributed by atoms with Crippen LogP contribution in [0, 0.1) is 5.92 Å². The van der Waals surface area contributed by atoms with Crippen molar-refractivity contribution in [1.82, 2.24) is 10.2 Å². The number of piperidine rings is 1. The second kappa shape index (κ2) is 6.02. The van der Waals surface area contributed by atoms with Crippen LogP contribution < -0.4 is 11.1 Å². The molecule has 0 aromatic carbocycles. The first-order valence-corrected chi connectivity index (χ1v) is 5.82. The molecule has 0 radical (unpaired) electrons. The van der Waals surface area contributed by atoms with Crippen LogP contribution in [0.3, 0.4) is 0 Å². The van der Waals surface area contributed by atoms with Gasteiger partial charge < -0.3 is 11.1 Å². The minimum absolute atomic E-state index is 0.103. The lowest BCUT2D eigenvalue weighted by Gasteiger charge is -2.30. The van der Waals surface area contributed by atoms with E-state index in [9.17, 15) is 4.79 Å². The minimum atomic E-state index is 0.103. The standard InChI is InChI=1S/C10H19N3OS/c1-2-12-9(14)7-13-5-3-8(4-6-13)10(11)15/h8H,2-7H2,1H3,(H2,11,15)(H,12,14). The first-order valence-electron chi connectivity index (χ1n) is 5.41. The molecule has 86 valence electrons. The highest BCUT2D eigenvalue weighted by Crippen LogP contribution is 2.16. The van der Waals surface area contributed by atoms with E-state index in [1.165, 1.54) is 0 Å². The largest absolute Gasteiger partial charge is 0.393 e. The summed E-state index contributed by atoms with van der Waals surface area (Å²) in [6, 6.07) is 0. The van der Waals surface area contributed by atoms with E-state index in [0.717, 1.165) is 25.9 Å². The second-order valence-electron chi connectivity index (χ2n) is 3.91. The van der Waals surface area contributed by atoms with E-state index in [0.29, 0.717) is 24.0 Å². The van der Waals surface area contributed by atoms with Crippen molar-refractivity contribution in [2.24, 2.45) is 11.7 Å². The molecule has 5 heteroatoms. The minimum Gasteiger partial charge on any atom is -0.393 e. The first kappa shape index (κ1) is 12.4. The molecule has 0 saturated carbocycles. The Hall–Kier alpha value is -0.680. The highest BCUT2D eigenvalue weighted by atomic mass is 32.1. The predicted molar refractivity (Wildman–Crippen MR) is 64.6 cm³/mol. The van der Waals surface area contributed by atoms with Gasteiger partial charge in [0.15, 0.2) is 0 Å². The number of amides is 1. The molecule has 1 fully saturated rings. The van der Waals surface area contributed by atoms with Gasteiger partial charge in [0.1, 0.15) is 0 Å².